The molecule has 0 aliphatic heterocycles. The third-order valence-corrected chi connectivity index (χ3v) is 3.71. The zero-order valence-corrected chi connectivity index (χ0v) is 13.9. The molecule has 0 radical (unpaired) electrons. The van der Waals surface area contributed by atoms with Gasteiger partial charge in [-0.15, -0.1) is 0 Å². The Morgan fingerprint density at radius 2 is 1.68 bits per heavy atom. The lowest BCUT2D eigenvalue weighted by Gasteiger charge is -2.23. The van der Waals surface area contributed by atoms with Gasteiger partial charge in [0, 0.05) is 0 Å². The molecule has 8 nitrogen and oxygen atoms in total. The van der Waals surface area contributed by atoms with Crippen LogP contribution in [-0.4, -0.2) is 64.7 Å². The standard InChI is InChI=1S/C13H25N3O5S/c1-7(2)10(14)12(19)15-8(4-5-22-3)11(18)16-9(6-17)13(20)21/h7-10,17H,4-6,14H2,1-3H3,(H,15,19)(H,16,18)(H,20,21). The van der Waals surface area contributed by atoms with Crippen LogP contribution in [-0.2, 0) is 14.4 Å². The van der Waals surface area contributed by atoms with Gasteiger partial charge in [0.1, 0.15) is 12.1 Å². The minimum atomic E-state index is -1.40. The number of aliphatic hydroxyl groups is 1. The number of carbonyl (C=O) groups excluding carboxylic acids is 2. The molecule has 0 fully saturated rings. The Kier molecular flexibility index (Phi) is 9.79. The van der Waals surface area contributed by atoms with E-state index >= 15 is 0 Å². The van der Waals surface area contributed by atoms with Gasteiger partial charge in [-0.3, -0.25) is 9.59 Å². The summed E-state index contributed by atoms with van der Waals surface area (Å²) in [5.41, 5.74) is 5.73. The Hall–Kier alpha value is -1.32. The predicted octanol–water partition coefficient (Wildman–Crippen LogP) is -1.23. The number of carbonyl (C=O) groups is 3. The molecule has 0 aromatic heterocycles. The first-order valence-electron chi connectivity index (χ1n) is 6.93. The first-order valence-corrected chi connectivity index (χ1v) is 8.32. The molecule has 2 amide bonds. The summed E-state index contributed by atoms with van der Waals surface area (Å²) in [6, 6.07) is -3.05. The van der Waals surface area contributed by atoms with Crippen LogP contribution < -0.4 is 16.4 Å². The number of thioether (sulfide) groups is 1. The number of carboxylic acid groups (broad SMARTS) is 1. The van der Waals surface area contributed by atoms with E-state index in [2.05, 4.69) is 10.6 Å². The van der Waals surface area contributed by atoms with Crippen LogP contribution in [0.15, 0.2) is 0 Å². The highest BCUT2D eigenvalue weighted by Gasteiger charge is 2.28. The molecule has 0 saturated carbocycles. The zero-order valence-electron chi connectivity index (χ0n) is 13.0. The lowest BCUT2D eigenvalue weighted by atomic mass is 10.0. The number of nitrogens with one attached hydrogen (secondary N) is 2. The van der Waals surface area contributed by atoms with E-state index in [4.69, 9.17) is 15.9 Å². The number of hydrogen-bond acceptors (Lipinski definition) is 6. The predicted molar refractivity (Wildman–Crippen MR) is 84.4 cm³/mol. The van der Waals surface area contributed by atoms with Crippen molar-refractivity contribution in [2.24, 2.45) is 11.7 Å². The molecule has 0 aliphatic carbocycles. The Balaban J connectivity index is 4.84. The van der Waals surface area contributed by atoms with E-state index in [9.17, 15) is 14.4 Å². The largest absolute Gasteiger partial charge is 0.480 e. The topological polar surface area (TPSA) is 142 Å². The van der Waals surface area contributed by atoms with E-state index < -0.39 is 42.5 Å². The average molecular weight is 335 g/mol. The molecule has 0 saturated heterocycles. The van der Waals surface area contributed by atoms with E-state index in [0.29, 0.717) is 12.2 Å². The number of rotatable bonds is 10. The molecule has 0 aromatic rings. The number of aliphatic hydroxyl groups excluding tert-OH is 1. The summed E-state index contributed by atoms with van der Waals surface area (Å²) in [7, 11) is 0. The van der Waals surface area contributed by atoms with Crippen molar-refractivity contribution in [3.05, 3.63) is 0 Å². The Morgan fingerprint density at radius 1 is 1.14 bits per heavy atom. The minimum absolute atomic E-state index is 0.0894. The Labute approximate surface area is 134 Å². The van der Waals surface area contributed by atoms with Crippen LogP contribution in [0.5, 0.6) is 0 Å². The van der Waals surface area contributed by atoms with Gasteiger partial charge in [-0.2, -0.15) is 11.8 Å². The summed E-state index contributed by atoms with van der Waals surface area (Å²) >= 11 is 1.49. The van der Waals surface area contributed by atoms with Crippen molar-refractivity contribution in [1.82, 2.24) is 10.6 Å². The van der Waals surface area contributed by atoms with Crippen molar-refractivity contribution < 1.29 is 24.6 Å². The van der Waals surface area contributed by atoms with Crippen molar-refractivity contribution in [1.29, 1.82) is 0 Å². The second kappa shape index (κ2) is 10.4. The van der Waals surface area contributed by atoms with Gasteiger partial charge in [-0.05, 0) is 24.3 Å². The number of hydrogen-bond donors (Lipinski definition) is 5. The average Bonchev–Trinajstić information content (AvgIpc) is 2.46. The van der Waals surface area contributed by atoms with Gasteiger partial charge in [0.05, 0.1) is 12.6 Å². The Morgan fingerprint density at radius 3 is 2.09 bits per heavy atom. The molecule has 0 bridgehead atoms. The van der Waals surface area contributed by atoms with E-state index in [1.165, 1.54) is 11.8 Å². The van der Waals surface area contributed by atoms with Crippen LogP contribution in [0, 0.1) is 5.92 Å². The lowest BCUT2D eigenvalue weighted by Crippen LogP contribution is -2.56. The summed E-state index contributed by atoms with van der Waals surface area (Å²) in [6.45, 7) is 2.84. The third-order valence-electron chi connectivity index (χ3n) is 3.06. The first-order chi connectivity index (χ1) is 10.2. The molecular weight excluding hydrogens is 310 g/mol. The van der Waals surface area contributed by atoms with Crippen LogP contribution in [0.1, 0.15) is 20.3 Å². The summed E-state index contributed by atoms with van der Waals surface area (Å²) in [6.07, 6.45) is 2.19. The minimum Gasteiger partial charge on any atom is -0.480 e. The molecule has 128 valence electrons. The van der Waals surface area contributed by atoms with E-state index in [1.54, 1.807) is 13.8 Å². The van der Waals surface area contributed by atoms with Gasteiger partial charge in [0.15, 0.2) is 0 Å². The van der Waals surface area contributed by atoms with Gasteiger partial charge in [0.2, 0.25) is 11.8 Å². The Bertz CT molecular complexity index is 392. The molecule has 3 unspecified atom stereocenters. The van der Waals surface area contributed by atoms with Crippen LogP contribution in [0.2, 0.25) is 0 Å². The number of amides is 2. The van der Waals surface area contributed by atoms with Crippen molar-refractivity contribution in [2.45, 2.75) is 38.4 Å². The number of nitrogens with two attached hydrogens (primary N) is 1. The second-order valence-electron chi connectivity index (χ2n) is 5.19. The second-order valence-corrected chi connectivity index (χ2v) is 6.18. The highest BCUT2D eigenvalue weighted by molar-refractivity contribution is 7.98. The lowest BCUT2D eigenvalue weighted by molar-refractivity contribution is -0.143. The first kappa shape index (κ1) is 20.7. The van der Waals surface area contributed by atoms with E-state index in [1.807, 2.05) is 6.26 Å². The fourth-order valence-corrected chi connectivity index (χ4v) is 2.00. The highest BCUT2D eigenvalue weighted by atomic mass is 32.2. The van der Waals surface area contributed by atoms with Gasteiger partial charge in [-0.25, -0.2) is 4.79 Å². The summed E-state index contributed by atoms with van der Waals surface area (Å²) in [5.74, 6) is -1.95. The molecule has 0 rings (SSSR count). The fourth-order valence-electron chi connectivity index (χ4n) is 1.53. The normalized spacial score (nSPS) is 15.0. The summed E-state index contributed by atoms with van der Waals surface area (Å²) in [4.78, 5) is 34.9. The molecule has 6 N–H and O–H groups in total. The van der Waals surface area contributed by atoms with Gasteiger partial charge >= 0.3 is 5.97 Å². The molecule has 0 aliphatic rings. The molecule has 0 aromatic carbocycles. The van der Waals surface area contributed by atoms with Crippen LogP contribution in [0.3, 0.4) is 0 Å². The smallest absolute Gasteiger partial charge is 0.328 e. The number of aliphatic carboxylic acids is 1. The SMILES string of the molecule is CSCCC(NC(=O)C(N)C(C)C)C(=O)NC(CO)C(=O)O. The van der Waals surface area contributed by atoms with Gasteiger partial charge < -0.3 is 26.6 Å². The van der Waals surface area contributed by atoms with Crippen molar-refractivity contribution in [2.75, 3.05) is 18.6 Å². The van der Waals surface area contributed by atoms with Crippen molar-refractivity contribution >= 4 is 29.5 Å². The molecule has 0 heterocycles. The van der Waals surface area contributed by atoms with Gasteiger partial charge in [0.25, 0.3) is 0 Å². The van der Waals surface area contributed by atoms with E-state index in [0.717, 1.165) is 0 Å². The molecule has 9 heteroatoms. The van der Waals surface area contributed by atoms with Crippen LogP contribution in [0.4, 0.5) is 0 Å². The van der Waals surface area contributed by atoms with E-state index in [-0.39, 0.29) is 5.92 Å². The maximum Gasteiger partial charge on any atom is 0.328 e. The molecule has 3 atom stereocenters. The van der Waals surface area contributed by atoms with Crippen molar-refractivity contribution in [3.8, 4) is 0 Å². The maximum absolute atomic E-state index is 12.1. The van der Waals surface area contributed by atoms with Gasteiger partial charge in [-0.1, -0.05) is 13.8 Å². The third kappa shape index (κ3) is 7.10. The molecule has 0 spiro atoms. The van der Waals surface area contributed by atoms with Crippen LogP contribution in [0.25, 0.3) is 0 Å². The molecule has 22 heavy (non-hydrogen) atoms. The highest BCUT2D eigenvalue weighted by Crippen LogP contribution is 2.04. The van der Waals surface area contributed by atoms with Crippen molar-refractivity contribution in [3.63, 3.8) is 0 Å². The van der Waals surface area contributed by atoms with Crippen LogP contribution >= 0.6 is 11.8 Å². The summed E-state index contributed by atoms with van der Waals surface area (Å²) < 4.78 is 0. The quantitative estimate of drug-likeness (QED) is 0.336. The fraction of sp³-hybridized carbons (Fsp3) is 0.769. The number of carboxylic acids is 1. The summed E-state index contributed by atoms with van der Waals surface area (Å²) in [5, 5.41) is 22.5. The zero-order chi connectivity index (χ0) is 17.3. The molecular formula is C13H25N3O5S. The monoisotopic (exact) mass is 335 g/mol. The maximum atomic E-state index is 12.1.